The van der Waals surface area contributed by atoms with E-state index in [1.54, 1.807) is 13.3 Å². The molecule has 0 unspecified atom stereocenters. The van der Waals surface area contributed by atoms with Crippen LogP contribution in [-0.2, 0) is 16.0 Å². The fraction of sp³-hybridized carbons (Fsp3) is 0.444. The molecular formula is C18H20N2O2. The number of rotatable bonds is 2. The second-order valence-electron chi connectivity index (χ2n) is 6.12. The summed E-state index contributed by atoms with van der Waals surface area (Å²) >= 11 is 0. The lowest BCUT2D eigenvalue weighted by molar-refractivity contribution is -0.114. The first kappa shape index (κ1) is 14.8. The number of nitrogens with zero attached hydrogens (tertiary/aromatic N) is 2. The summed E-state index contributed by atoms with van der Waals surface area (Å²) in [4.78, 5) is 19.0. The van der Waals surface area contributed by atoms with Crippen LogP contribution in [0.4, 0.5) is 0 Å². The molecule has 0 aromatic carbocycles. The molecule has 0 spiro atoms. The normalized spacial score (nSPS) is 20.6. The topological polar surface area (TPSA) is 42.4 Å². The summed E-state index contributed by atoms with van der Waals surface area (Å²) in [5.41, 5.74) is 3.01. The van der Waals surface area contributed by atoms with Gasteiger partial charge >= 0.3 is 0 Å². The molecule has 4 nitrogen and oxygen atoms in total. The second-order valence-corrected chi connectivity index (χ2v) is 6.12. The van der Waals surface area contributed by atoms with Crippen molar-refractivity contribution in [2.24, 2.45) is 0 Å². The summed E-state index contributed by atoms with van der Waals surface area (Å²) in [6.07, 6.45) is 9.53. The first-order valence-electron chi connectivity index (χ1n) is 7.56. The third-order valence-electron chi connectivity index (χ3n) is 4.76. The number of ketones is 1. The number of terminal acetylenes is 1. The highest BCUT2D eigenvalue weighted by Crippen LogP contribution is 2.35. The van der Waals surface area contributed by atoms with Gasteiger partial charge in [0.25, 0.3) is 0 Å². The van der Waals surface area contributed by atoms with Crippen molar-refractivity contribution in [3.8, 4) is 12.3 Å². The lowest BCUT2D eigenvalue weighted by Gasteiger charge is -2.41. The van der Waals surface area contributed by atoms with Gasteiger partial charge in [-0.1, -0.05) is 12.0 Å². The van der Waals surface area contributed by atoms with Crippen LogP contribution in [0.3, 0.4) is 0 Å². The first-order valence-corrected chi connectivity index (χ1v) is 7.56. The Morgan fingerprint density at radius 1 is 1.41 bits per heavy atom. The Kier molecular flexibility index (Phi) is 3.76. The van der Waals surface area contributed by atoms with Gasteiger partial charge in [0.2, 0.25) is 0 Å². The van der Waals surface area contributed by atoms with Crippen molar-refractivity contribution in [3.63, 3.8) is 0 Å². The Morgan fingerprint density at radius 3 is 2.77 bits per heavy atom. The zero-order chi connectivity index (χ0) is 15.7. The zero-order valence-electron chi connectivity index (χ0n) is 13.1. The van der Waals surface area contributed by atoms with E-state index in [2.05, 4.69) is 22.7 Å². The number of hydrogen-bond donors (Lipinski definition) is 0. The number of ether oxygens (including phenoxy) is 1. The van der Waals surface area contributed by atoms with E-state index in [4.69, 9.17) is 11.2 Å². The molecule has 0 radical (unpaired) electrons. The largest absolute Gasteiger partial charge is 0.378 e. The average Bonchev–Trinajstić information content (AvgIpc) is 2.54. The number of aromatic nitrogens is 1. The SMILES string of the molecule is C#CC1=C(N2CCC(C)(OC)CC2)c2ncccc2CC1=O. The smallest absolute Gasteiger partial charge is 0.177 e. The van der Waals surface area contributed by atoms with E-state index in [1.807, 2.05) is 12.1 Å². The predicted octanol–water partition coefficient (Wildman–Crippen LogP) is 2.05. The highest BCUT2D eigenvalue weighted by atomic mass is 16.5. The molecule has 22 heavy (non-hydrogen) atoms. The number of pyridine rings is 1. The summed E-state index contributed by atoms with van der Waals surface area (Å²) in [6, 6.07) is 3.82. The van der Waals surface area contributed by atoms with Crippen LogP contribution in [0.25, 0.3) is 5.70 Å². The van der Waals surface area contributed by atoms with Crippen LogP contribution in [0, 0.1) is 12.3 Å². The standard InChI is InChI=1S/C18H20N2O2/c1-4-14-15(21)12-13-6-5-9-19-16(13)17(14)20-10-7-18(2,22-3)8-11-20/h1,5-6,9H,7-8,10-12H2,2-3H3. The minimum Gasteiger partial charge on any atom is -0.378 e. The number of fused-ring (bicyclic) bond motifs is 1. The molecule has 3 rings (SSSR count). The summed E-state index contributed by atoms with van der Waals surface area (Å²) < 4.78 is 5.59. The monoisotopic (exact) mass is 296 g/mol. The molecule has 1 aromatic rings. The number of carbonyl (C=O) groups is 1. The van der Waals surface area contributed by atoms with E-state index >= 15 is 0 Å². The van der Waals surface area contributed by atoms with Crippen LogP contribution in [0.2, 0.25) is 0 Å². The second kappa shape index (κ2) is 5.58. The quantitative estimate of drug-likeness (QED) is 0.783. The van der Waals surface area contributed by atoms with Crippen molar-refractivity contribution >= 4 is 11.5 Å². The van der Waals surface area contributed by atoms with E-state index < -0.39 is 0 Å². The zero-order valence-corrected chi connectivity index (χ0v) is 13.1. The van der Waals surface area contributed by atoms with E-state index in [9.17, 15) is 4.79 Å². The van der Waals surface area contributed by atoms with Crippen molar-refractivity contribution in [2.45, 2.75) is 31.8 Å². The van der Waals surface area contributed by atoms with Crippen molar-refractivity contribution in [1.82, 2.24) is 9.88 Å². The molecule has 1 aromatic heterocycles. The lowest BCUT2D eigenvalue weighted by atomic mass is 9.88. The fourth-order valence-corrected chi connectivity index (χ4v) is 3.17. The summed E-state index contributed by atoms with van der Waals surface area (Å²) in [6.45, 7) is 3.75. The van der Waals surface area contributed by atoms with Crippen molar-refractivity contribution in [3.05, 3.63) is 35.2 Å². The van der Waals surface area contributed by atoms with Crippen LogP contribution in [0.15, 0.2) is 23.9 Å². The Morgan fingerprint density at radius 2 is 2.14 bits per heavy atom. The summed E-state index contributed by atoms with van der Waals surface area (Å²) in [7, 11) is 1.75. The van der Waals surface area contributed by atoms with Gasteiger partial charge in [0.15, 0.2) is 5.78 Å². The highest BCUT2D eigenvalue weighted by molar-refractivity contribution is 6.09. The summed E-state index contributed by atoms with van der Waals surface area (Å²) in [5, 5.41) is 0. The number of methoxy groups -OCH3 is 1. The molecule has 0 bridgehead atoms. The maximum atomic E-state index is 12.3. The molecule has 1 saturated heterocycles. The van der Waals surface area contributed by atoms with Gasteiger partial charge in [-0.3, -0.25) is 9.78 Å². The summed E-state index contributed by atoms with van der Waals surface area (Å²) in [5.74, 6) is 2.61. The highest BCUT2D eigenvalue weighted by Gasteiger charge is 2.35. The van der Waals surface area contributed by atoms with E-state index in [0.717, 1.165) is 42.9 Å². The number of likely N-dealkylation sites (tertiary alicyclic amines) is 1. The van der Waals surface area contributed by atoms with Crippen molar-refractivity contribution in [2.75, 3.05) is 20.2 Å². The van der Waals surface area contributed by atoms with Crippen LogP contribution in [0.5, 0.6) is 0 Å². The number of piperidine rings is 1. The molecule has 1 aliphatic carbocycles. The van der Waals surface area contributed by atoms with Crippen LogP contribution >= 0.6 is 0 Å². The van der Waals surface area contributed by atoms with Gasteiger partial charge in [-0.15, -0.1) is 6.42 Å². The predicted molar refractivity (Wildman–Crippen MR) is 84.9 cm³/mol. The lowest BCUT2D eigenvalue weighted by Crippen LogP contribution is -2.44. The van der Waals surface area contributed by atoms with Gasteiger partial charge in [-0.2, -0.15) is 0 Å². The maximum Gasteiger partial charge on any atom is 0.177 e. The van der Waals surface area contributed by atoms with Gasteiger partial charge < -0.3 is 9.64 Å². The number of carbonyl (C=O) groups excluding carboxylic acids is 1. The molecule has 2 aliphatic rings. The van der Waals surface area contributed by atoms with E-state index in [0.29, 0.717) is 12.0 Å². The Balaban J connectivity index is 2.00. The van der Waals surface area contributed by atoms with Gasteiger partial charge in [-0.25, -0.2) is 0 Å². The van der Waals surface area contributed by atoms with Gasteiger partial charge in [-0.05, 0) is 31.4 Å². The average molecular weight is 296 g/mol. The number of hydrogen-bond acceptors (Lipinski definition) is 4. The molecule has 1 aliphatic heterocycles. The third kappa shape index (κ3) is 2.42. The molecule has 4 heteroatoms. The van der Waals surface area contributed by atoms with Crippen LogP contribution < -0.4 is 0 Å². The Bertz CT molecular complexity index is 677. The number of allylic oxidation sites excluding steroid dienone is 1. The van der Waals surface area contributed by atoms with Crippen LogP contribution in [0.1, 0.15) is 31.0 Å². The molecule has 0 saturated carbocycles. The maximum absolute atomic E-state index is 12.3. The Hall–Kier alpha value is -2.12. The Labute approximate surface area is 131 Å². The number of Topliss-reactive ketones (excluding diaryl/α,β-unsaturated/α-hetero) is 1. The van der Waals surface area contributed by atoms with Gasteiger partial charge in [0.1, 0.15) is 0 Å². The molecule has 2 heterocycles. The molecule has 0 amide bonds. The molecule has 114 valence electrons. The molecular weight excluding hydrogens is 276 g/mol. The van der Waals surface area contributed by atoms with Crippen molar-refractivity contribution in [1.29, 1.82) is 0 Å². The van der Waals surface area contributed by atoms with Crippen molar-refractivity contribution < 1.29 is 9.53 Å². The minimum atomic E-state index is -0.0982. The van der Waals surface area contributed by atoms with Gasteiger partial charge in [0, 0.05) is 32.8 Å². The van der Waals surface area contributed by atoms with Crippen LogP contribution in [-0.4, -0.2) is 41.5 Å². The molecule has 0 atom stereocenters. The van der Waals surface area contributed by atoms with E-state index in [1.165, 1.54) is 0 Å². The molecule has 0 N–H and O–H groups in total. The first-order chi connectivity index (χ1) is 10.6. The molecule has 1 fully saturated rings. The minimum absolute atomic E-state index is 0.0121. The van der Waals surface area contributed by atoms with Gasteiger partial charge in [0.05, 0.1) is 22.6 Å². The van der Waals surface area contributed by atoms with E-state index in [-0.39, 0.29) is 11.4 Å². The third-order valence-corrected chi connectivity index (χ3v) is 4.76. The fourth-order valence-electron chi connectivity index (χ4n) is 3.17.